The molecule has 24 heavy (non-hydrogen) atoms. The van der Waals surface area contributed by atoms with Gasteiger partial charge >= 0.3 is 0 Å². The van der Waals surface area contributed by atoms with Gasteiger partial charge < -0.3 is 11.1 Å². The SMILES string of the molecule is NC(=O)C1CCCC(NC(=O)CN2C(=O)c3ccccc3C2=O)C1. The van der Waals surface area contributed by atoms with Crippen LogP contribution >= 0.6 is 0 Å². The lowest BCUT2D eigenvalue weighted by Crippen LogP contribution is -2.46. The van der Waals surface area contributed by atoms with Gasteiger partial charge in [-0.05, 0) is 31.4 Å². The third-order valence-electron chi connectivity index (χ3n) is 4.62. The molecule has 1 heterocycles. The predicted molar refractivity (Wildman–Crippen MR) is 84.9 cm³/mol. The number of nitrogens with two attached hydrogens (primary N) is 1. The summed E-state index contributed by atoms with van der Waals surface area (Å²) in [6.45, 7) is -0.315. The van der Waals surface area contributed by atoms with Gasteiger partial charge in [-0.25, -0.2) is 0 Å². The lowest BCUT2D eigenvalue weighted by molar-refractivity contribution is -0.125. The van der Waals surface area contributed by atoms with Crippen LogP contribution in [0.4, 0.5) is 0 Å². The number of nitrogens with zero attached hydrogens (tertiary/aromatic N) is 1. The van der Waals surface area contributed by atoms with E-state index in [2.05, 4.69) is 5.32 Å². The van der Waals surface area contributed by atoms with E-state index in [9.17, 15) is 19.2 Å². The van der Waals surface area contributed by atoms with Crippen LogP contribution < -0.4 is 11.1 Å². The number of benzene rings is 1. The maximum absolute atomic E-state index is 12.2. The van der Waals surface area contributed by atoms with E-state index in [0.29, 0.717) is 17.5 Å². The second kappa shape index (κ2) is 6.43. The van der Waals surface area contributed by atoms with Crippen molar-refractivity contribution in [3.8, 4) is 0 Å². The van der Waals surface area contributed by atoms with Gasteiger partial charge in [0.2, 0.25) is 11.8 Å². The zero-order valence-corrected chi connectivity index (χ0v) is 13.2. The monoisotopic (exact) mass is 329 g/mol. The molecule has 2 unspecified atom stereocenters. The molecule has 0 aromatic heterocycles. The van der Waals surface area contributed by atoms with Crippen molar-refractivity contribution in [3.05, 3.63) is 35.4 Å². The number of fused-ring (bicyclic) bond motifs is 1. The fourth-order valence-corrected chi connectivity index (χ4v) is 3.38. The first-order valence-corrected chi connectivity index (χ1v) is 8.01. The van der Waals surface area contributed by atoms with Crippen LogP contribution in [0.5, 0.6) is 0 Å². The van der Waals surface area contributed by atoms with Gasteiger partial charge in [-0.1, -0.05) is 18.6 Å². The van der Waals surface area contributed by atoms with Crippen LogP contribution in [0.3, 0.4) is 0 Å². The maximum Gasteiger partial charge on any atom is 0.262 e. The van der Waals surface area contributed by atoms with Crippen molar-refractivity contribution in [3.63, 3.8) is 0 Å². The molecule has 0 bridgehead atoms. The highest BCUT2D eigenvalue weighted by atomic mass is 16.2. The summed E-state index contributed by atoms with van der Waals surface area (Å²) in [5, 5.41) is 2.81. The van der Waals surface area contributed by atoms with Crippen molar-refractivity contribution in [1.29, 1.82) is 0 Å². The Kier molecular flexibility index (Phi) is 4.33. The Balaban J connectivity index is 1.61. The number of carbonyl (C=O) groups excluding carboxylic acids is 4. The molecule has 1 aromatic rings. The molecule has 1 aliphatic heterocycles. The van der Waals surface area contributed by atoms with Gasteiger partial charge in [-0.2, -0.15) is 0 Å². The first kappa shape index (κ1) is 16.2. The third-order valence-corrected chi connectivity index (χ3v) is 4.62. The molecule has 7 heteroatoms. The Labute approximate surface area is 139 Å². The Bertz CT molecular complexity index is 681. The van der Waals surface area contributed by atoms with Crippen molar-refractivity contribution in [2.45, 2.75) is 31.7 Å². The minimum atomic E-state index is -0.454. The average Bonchev–Trinajstić information content (AvgIpc) is 2.80. The van der Waals surface area contributed by atoms with E-state index in [0.717, 1.165) is 24.2 Å². The minimum absolute atomic E-state index is 0.154. The zero-order chi connectivity index (χ0) is 17.3. The van der Waals surface area contributed by atoms with Gasteiger partial charge in [0.1, 0.15) is 6.54 Å². The standard InChI is InChI=1S/C17H19N3O4/c18-15(22)10-4-3-5-11(8-10)19-14(21)9-20-16(23)12-6-1-2-7-13(12)17(20)24/h1-2,6-7,10-11H,3-5,8-9H2,(H2,18,22)(H,19,21). The Morgan fingerprint density at radius 3 is 2.33 bits per heavy atom. The summed E-state index contributed by atoms with van der Waals surface area (Å²) in [6, 6.07) is 6.36. The molecule has 0 radical (unpaired) electrons. The highest BCUT2D eigenvalue weighted by Gasteiger charge is 2.36. The van der Waals surface area contributed by atoms with Gasteiger partial charge in [0, 0.05) is 12.0 Å². The number of carbonyl (C=O) groups is 4. The minimum Gasteiger partial charge on any atom is -0.369 e. The van der Waals surface area contributed by atoms with Crippen LogP contribution in [0.25, 0.3) is 0 Å². The molecular weight excluding hydrogens is 310 g/mol. The number of nitrogens with one attached hydrogen (secondary N) is 1. The quantitative estimate of drug-likeness (QED) is 0.781. The predicted octanol–water partition coefficient (Wildman–Crippen LogP) is 0.443. The van der Waals surface area contributed by atoms with Gasteiger partial charge in [0.15, 0.2) is 0 Å². The van der Waals surface area contributed by atoms with Crippen molar-refractivity contribution < 1.29 is 19.2 Å². The van der Waals surface area contributed by atoms with Crippen LogP contribution in [0.1, 0.15) is 46.4 Å². The highest BCUT2D eigenvalue weighted by Crippen LogP contribution is 2.25. The Hall–Kier alpha value is -2.70. The van der Waals surface area contributed by atoms with E-state index in [-0.39, 0.29) is 24.4 Å². The van der Waals surface area contributed by atoms with E-state index < -0.39 is 17.7 Å². The van der Waals surface area contributed by atoms with Crippen LogP contribution in [-0.2, 0) is 9.59 Å². The fraction of sp³-hybridized carbons (Fsp3) is 0.412. The molecule has 1 aromatic carbocycles. The lowest BCUT2D eigenvalue weighted by atomic mass is 9.85. The molecule has 3 rings (SSSR count). The molecule has 1 fully saturated rings. The average molecular weight is 329 g/mol. The number of amides is 4. The van der Waals surface area contributed by atoms with E-state index in [4.69, 9.17) is 5.73 Å². The van der Waals surface area contributed by atoms with Crippen molar-refractivity contribution in [1.82, 2.24) is 10.2 Å². The molecule has 0 saturated heterocycles. The zero-order valence-electron chi connectivity index (χ0n) is 13.2. The summed E-state index contributed by atoms with van der Waals surface area (Å²) < 4.78 is 0. The van der Waals surface area contributed by atoms with Gasteiger partial charge in [0.05, 0.1) is 11.1 Å². The first-order chi connectivity index (χ1) is 11.5. The molecule has 126 valence electrons. The Morgan fingerprint density at radius 2 is 1.75 bits per heavy atom. The van der Waals surface area contributed by atoms with Crippen molar-refractivity contribution in [2.24, 2.45) is 11.7 Å². The lowest BCUT2D eigenvalue weighted by Gasteiger charge is -2.28. The summed E-state index contributed by atoms with van der Waals surface area (Å²) in [5.41, 5.74) is 5.97. The number of rotatable bonds is 4. The van der Waals surface area contributed by atoms with Crippen LogP contribution in [0.15, 0.2) is 24.3 Å². The van der Waals surface area contributed by atoms with Crippen LogP contribution in [0.2, 0.25) is 0 Å². The molecule has 1 aliphatic carbocycles. The van der Waals surface area contributed by atoms with Crippen molar-refractivity contribution in [2.75, 3.05) is 6.54 Å². The summed E-state index contributed by atoms with van der Waals surface area (Å²) in [4.78, 5) is 48.9. The van der Waals surface area contributed by atoms with Gasteiger partial charge in [-0.15, -0.1) is 0 Å². The smallest absolute Gasteiger partial charge is 0.262 e. The molecule has 4 amide bonds. The topological polar surface area (TPSA) is 110 Å². The number of imide groups is 1. The third kappa shape index (κ3) is 3.02. The van der Waals surface area contributed by atoms with Crippen molar-refractivity contribution >= 4 is 23.6 Å². The fourth-order valence-electron chi connectivity index (χ4n) is 3.38. The Morgan fingerprint density at radius 1 is 1.12 bits per heavy atom. The number of hydrogen-bond donors (Lipinski definition) is 2. The first-order valence-electron chi connectivity index (χ1n) is 8.01. The summed E-state index contributed by atoms with van der Waals surface area (Å²) in [5.74, 6) is -1.90. The molecule has 2 atom stereocenters. The van der Waals surface area contributed by atoms with Crippen LogP contribution in [0, 0.1) is 5.92 Å². The summed E-state index contributed by atoms with van der Waals surface area (Å²) in [7, 11) is 0. The molecule has 1 saturated carbocycles. The van der Waals surface area contributed by atoms with Gasteiger partial charge in [-0.3, -0.25) is 24.1 Å². The summed E-state index contributed by atoms with van der Waals surface area (Å²) >= 11 is 0. The second-order valence-corrected chi connectivity index (χ2v) is 6.27. The molecule has 0 spiro atoms. The molecule has 3 N–H and O–H groups in total. The van der Waals surface area contributed by atoms with E-state index in [1.54, 1.807) is 24.3 Å². The molecule has 7 nitrogen and oxygen atoms in total. The molecule has 2 aliphatic rings. The van der Waals surface area contributed by atoms with E-state index in [1.165, 1.54) is 0 Å². The highest BCUT2D eigenvalue weighted by molar-refractivity contribution is 6.22. The number of primary amides is 1. The van der Waals surface area contributed by atoms with E-state index >= 15 is 0 Å². The second-order valence-electron chi connectivity index (χ2n) is 6.27. The van der Waals surface area contributed by atoms with Gasteiger partial charge in [0.25, 0.3) is 11.8 Å². The normalized spacial score (nSPS) is 23.1. The number of hydrogen-bond acceptors (Lipinski definition) is 4. The van der Waals surface area contributed by atoms with E-state index in [1.807, 2.05) is 0 Å². The molecular formula is C17H19N3O4. The maximum atomic E-state index is 12.2. The van der Waals surface area contributed by atoms with Crippen LogP contribution in [-0.4, -0.2) is 41.1 Å². The summed E-state index contributed by atoms with van der Waals surface area (Å²) in [6.07, 6.45) is 2.81. The largest absolute Gasteiger partial charge is 0.369 e.